The largest absolute Gasteiger partial charge is 0.507 e. The van der Waals surface area contributed by atoms with Crippen molar-refractivity contribution in [2.45, 2.75) is 168 Å². The quantitative estimate of drug-likeness (QED) is 0.125. The number of aromatic hydroxyl groups is 1. The zero-order valence-electron chi connectivity index (χ0n) is 31.9. The van der Waals surface area contributed by atoms with Crippen molar-refractivity contribution in [3.05, 3.63) is 46.5 Å². The van der Waals surface area contributed by atoms with E-state index in [9.17, 15) is 14.7 Å². The molecule has 0 fully saturated rings. The topological polar surface area (TPSA) is 83.8 Å². The van der Waals surface area contributed by atoms with Gasteiger partial charge in [-0.25, -0.2) is 0 Å². The summed E-state index contributed by atoms with van der Waals surface area (Å²) in [4.78, 5) is 25.4. The van der Waals surface area contributed by atoms with Crippen molar-refractivity contribution < 1.29 is 24.5 Å². The molecule has 0 amide bonds. The lowest BCUT2D eigenvalue weighted by molar-refractivity contribution is -0.142. The van der Waals surface area contributed by atoms with Crippen molar-refractivity contribution in [3.63, 3.8) is 0 Å². The van der Waals surface area contributed by atoms with Crippen LogP contribution in [0.5, 0.6) is 11.5 Å². The van der Waals surface area contributed by atoms with Gasteiger partial charge in [-0.3, -0.25) is 9.59 Å². The first-order valence-electron chi connectivity index (χ1n) is 16.5. The Labute approximate surface area is 290 Å². The third-order valence-corrected chi connectivity index (χ3v) is 9.44. The number of aryl methyl sites for hydroxylation is 1. The molecule has 0 bridgehead atoms. The summed E-state index contributed by atoms with van der Waals surface area (Å²) < 4.78 is 5.85. The highest BCUT2D eigenvalue weighted by Gasteiger charge is 2.28. The molecule has 7 heteroatoms. The first kappa shape index (κ1) is 43.9. The van der Waals surface area contributed by atoms with Crippen molar-refractivity contribution in [2.75, 3.05) is 0 Å². The fraction of sp³-hybridized carbons (Fsp3) is 0.641. The molecule has 2 aromatic rings. The van der Waals surface area contributed by atoms with Gasteiger partial charge in [-0.2, -0.15) is 0 Å². The first-order chi connectivity index (χ1) is 20.8. The molecule has 1 unspecified atom stereocenters. The number of carboxylic acid groups (broad SMARTS) is 1. The van der Waals surface area contributed by atoms with Crippen molar-refractivity contribution in [1.82, 2.24) is 0 Å². The van der Waals surface area contributed by atoms with Gasteiger partial charge in [0, 0.05) is 26.5 Å². The third kappa shape index (κ3) is 15.2. The van der Waals surface area contributed by atoms with Crippen molar-refractivity contribution in [3.8, 4) is 11.5 Å². The van der Waals surface area contributed by atoms with Crippen LogP contribution in [0.2, 0.25) is 0 Å². The molecule has 0 saturated heterocycles. The monoisotopic (exact) mass is 676 g/mol. The molecule has 0 aliphatic heterocycles. The minimum Gasteiger partial charge on any atom is -0.507 e. The van der Waals surface area contributed by atoms with Gasteiger partial charge in [0.25, 0.3) is 0 Å². The van der Waals surface area contributed by atoms with E-state index < -0.39 is 11.9 Å². The van der Waals surface area contributed by atoms with E-state index in [1.165, 1.54) is 6.42 Å². The summed E-state index contributed by atoms with van der Waals surface area (Å²) >= 11 is 3.50. The predicted octanol–water partition coefficient (Wildman–Crippen LogP) is 12.1. The van der Waals surface area contributed by atoms with E-state index in [2.05, 4.69) is 115 Å². The summed E-state index contributed by atoms with van der Waals surface area (Å²) in [5.41, 5.74) is 3.54. The maximum absolute atomic E-state index is 12.3. The number of phenolic OH excluding ortho intramolecular Hbond substituents is 1. The summed E-state index contributed by atoms with van der Waals surface area (Å²) in [6.45, 7) is 36.0. The minimum absolute atomic E-state index is 0.164. The van der Waals surface area contributed by atoms with Crippen LogP contribution in [0, 0.1) is 12.3 Å². The molecule has 0 saturated carbocycles. The average molecular weight is 677 g/mol. The number of rotatable bonds is 8. The molecule has 262 valence electrons. The second kappa shape index (κ2) is 17.9. The van der Waals surface area contributed by atoms with Crippen LogP contribution in [0.1, 0.15) is 152 Å². The van der Waals surface area contributed by atoms with E-state index in [1.54, 1.807) is 23.5 Å². The first-order valence-corrected chi connectivity index (χ1v) is 18.3. The van der Waals surface area contributed by atoms with Gasteiger partial charge in [-0.1, -0.05) is 110 Å². The number of hydrogen-bond acceptors (Lipinski definition) is 6. The highest BCUT2D eigenvalue weighted by molar-refractivity contribution is 8.17. The molecule has 0 radical (unpaired) electrons. The lowest BCUT2D eigenvalue weighted by atomic mass is 9.79. The standard InChI is InChI=1S/C31H44O5S2.C6H14.C2H6/c1-18-14-20(17-24(31(9,10)11)28(18)36-26(34)13-12-25(32)33)37-19(2)38-21-15-22(29(3,4)5)27(35)23(16-21)30(6,7)8;1-5-6(2,3)4;1-2/h14-17,19,35H,12-13H2,1-11H3,(H,32,33);5H2,1-4H3;1-2H3. The smallest absolute Gasteiger partial charge is 0.311 e. The number of carbonyl (C=O) groups is 2. The highest BCUT2D eigenvalue weighted by Crippen LogP contribution is 2.45. The Balaban J connectivity index is 0.00000226. The molecule has 1 atom stereocenters. The van der Waals surface area contributed by atoms with Crippen LogP contribution >= 0.6 is 23.5 Å². The Bertz CT molecular complexity index is 1250. The van der Waals surface area contributed by atoms with Crippen LogP contribution in [-0.2, 0) is 25.8 Å². The van der Waals surface area contributed by atoms with Gasteiger partial charge in [0.2, 0.25) is 0 Å². The lowest BCUT2D eigenvalue weighted by Crippen LogP contribution is -2.18. The average Bonchev–Trinajstić information content (AvgIpc) is 2.89. The Morgan fingerprint density at radius 3 is 1.46 bits per heavy atom. The van der Waals surface area contributed by atoms with E-state index in [4.69, 9.17) is 9.84 Å². The normalized spacial score (nSPS) is 12.7. The lowest BCUT2D eigenvalue weighted by Gasteiger charge is -2.28. The Kier molecular flexibility index (Phi) is 17.0. The van der Waals surface area contributed by atoms with Crippen LogP contribution in [0.15, 0.2) is 34.1 Å². The molecule has 5 nitrogen and oxygen atoms in total. The number of benzene rings is 2. The summed E-state index contributed by atoms with van der Waals surface area (Å²) in [6, 6.07) is 8.32. The van der Waals surface area contributed by atoms with E-state index in [0.29, 0.717) is 16.9 Å². The molecule has 0 aromatic heterocycles. The molecule has 46 heavy (non-hydrogen) atoms. The molecule has 2 N–H and O–H groups in total. The van der Waals surface area contributed by atoms with Gasteiger partial charge in [-0.05, 0) is 65.3 Å². The number of esters is 1. The van der Waals surface area contributed by atoms with Crippen LogP contribution in [-0.4, -0.2) is 26.7 Å². The van der Waals surface area contributed by atoms with Crippen LogP contribution in [0.4, 0.5) is 0 Å². The zero-order chi connectivity index (χ0) is 36.4. The molecular formula is C39H64O5S2. The van der Waals surface area contributed by atoms with E-state index in [1.807, 2.05) is 26.8 Å². The summed E-state index contributed by atoms with van der Waals surface area (Å²) in [7, 11) is 0. The molecule has 0 aliphatic rings. The summed E-state index contributed by atoms with van der Waals surface area (Å²) in [5.74, 6) is -0.665. The third-order valence-electron chi connectivity index (χ3n) is 7.18. The van der Waals surface area contributed by atoms with Gasteiger partial charge in [-0.15, -0.1) is 23.5 Å². The van der Waals surface area contributed by atoms with E-state index >= 15 is 0 Å². The summed E-state index contributed by atoms with van der Waals surface area (Å²) in [5, 5.41) is 20.0. The van der Waals surface area contributed by atoms with Crippen molar-refractivity contribution in [1.29, 1.82) is 0 Å². The molecule has 2 aromatic carbocycles. The number of aliphatic carboxylic acids is 1. The van der Waals surface area contributed by atoms with E-state index in [-0.39, 0.29) is 33.7 Å². The Morgan fingerprint density at radius 2 is 1.11 bits per heavy atom. The second-order valence-corrected chi connectivity index (χ2v) is 18.9. The van der Waals surface area contributed by atoms with Crippen LogP contribution < -0.4 is 4.74 Å². The Morgan fingerprint density at radius 1 is 0.739 bits per heavy atom. The molecule has 0 heterocycles. The summed E-state index contributed by atoms with van der Waals surface area (Å²) in [6.07, 6.45) is 0.853. The van der Waals surface area contributed by atoms with Crippen LogP contribution in [0.25, 0.3) is 0 Å². The van der Waals surface area contributed by atoms with Crippen LogP contribution in [0.3, 0.4) is 0 Å². The molecule has 2 rings (SSSR count). The van der Waals surface area contributed by atoms with Crippen molar-refractivity contribution in [2.24, 2.45) is 5.41 Å². The number of phenols is 1. The number of hydrogen-bond donors (Lipinski definition) is 2. The molecule has 0 aliphatic carbocycles. The maximum Gasteiger partial charge on any atom is 0.311 e. The van der Waals surface area contributed by atoms with Gasteiger partial charge < -0.3 is 14.9 Å². The van der Waals surface area contributed by atoms with E-state index in [0.717, 1.165) is 32.0 Å². The number of thioether (sulfide) groups is 2. The van der Waals surface area contributed by atoms with Gasteiger partial charge in [0.05, 0.1) is 17.4 Å². The fourth-order valence-electron chi connectivity index (χ4n) is 4.10. The number of ether oxygens (including phenoxy) is 1. The van der Waals surface area contributed by atoms with Gasteiger partial charge in [0.15, 0.2) is 0 Å². The number of carboxylic acids is 1. The molecular weight excluding hydrogens is 613 g/mol. The highest BCUT2D eigenvalue weighted by atomic mass is 32.2. The SMILES string of the molecule is CC.CCC(C)(C)C.Cc1cc(SC(C)Sc2cc(C(C)(C)C)c(O)c(C(C)(C)C)c2)cc(C(C)(C)C)c1OC(=O)CCC(=O)O. The maximum atomic E-state index is 12.3. The van der Waals surface area contributed by atoms with Crippen molar-refractivity contribution >= 4 is 35.5 Å². The second-order valence-electron chi connectivity index (χ2n) is 15.8. The minimum atomic E-state index is -1.02. The Hall–Kier alpha value is -2.12. The molecule has 0 spiro atoms. The van der Waals surface area contributed by atoms with Gasteiger partial charge >= 0.3 is 11.9 Å². The fourth-order valence-corrected chi connectivity index (χ4v) is 6.53. The number of carbonyl (C=O) groups excluding carboxylic acids is 1. The zero-order valence-corrected chi connectivity index (χ0v) is 33.6. The van der Waals surface area contributed by atoms with Gasteiger partial charge in [0.1, 0.15) is 11.5 Å². The predicted molar refractivity (Wildman–Crippen MR) is 200 cm³/mol.